The molecule has 6 heteroatoms. The van der Waals surface area contributed by atoms with Gasteiger partial charge in [0.1, 0.15) is 5.82 Å². The van der Waals surface area contributed by atoms with E-state index < -0.39 is 11.7 Å². The molecule has 138 valence electrons. The molecule has 0 aromatic heterocycles. The molecular weight excluding hydrogens is 433 g/mol. The van der Waals surface area contributed by atoms with Crippen molar-refractivity contribution in [1.82, 2.24) is 0 Å². The van der Waals surface area contributed by atoms with Gasteiger partial charge in [-0.1, -0.05) is 45.7 Å². The fourth-order valence-electron chi connectivity index (χ4n) is 3.96. The third-order valence-electron chi connectivity index (χ3n) is 5.11. The van der Waals surface area contributed by atoms with Crippen LogP contribution in [-0.2, 0) is 9.59 Å². The molecule has 0 saturated heterocycles. The number of halogens is 3. The first-order valence-corrected chi connectivity index (χ1v) is 9.93. The maximum absolute atomic E-state index is 14.4. The highest BCUT2D eigenvalue weighted by Gasteiger charge is 2.40. The van der Waals surface area contributed by atoms with Crippen molar-refractivity contribution in [3.05, 3.63) is 74.6 Å². The third-order valence-corrected chi connectivity index (χ3v) is 5.90. The molecule has 2 aliphatic rings. The summed E-state index contributed by atoms with van der Waals surface area (Å²) in [6.07, 6.45) is 1.71. The highest BCUT2D eigenvalue weighted by Crippen LogP contribution is 2.45. The molecule has 0 spiro atoms. The zero-order valence-corrected chi connectivity index (χ0v) is 16.7. The van der Waals surface area contributed by atoms with Crippen molar-refractivity contribution in [2.45, 2.75) is 31.6 Å². The summed E-state index contributed by atoms with van der Waals surface area (Å²) in [5.74, 6) is -1.14. The van der Waals surface area contributed by atoms with E-state index in [1.807, 2.05) is 6.07 Å². The van der Waals surface area contributed by atoms with E-state index in [9.17, 15) is 14.0 Å². The molecule has 4 rings (SSSR count). The topological polar surface area (TPSA) is 37.4 Å². The summed E-state index contributed by atoms with van der Waals surface area (Å²) in [7, 11) is 0. The van der Waals surface area contributed by atoms with Gasteiger partial charge in [0.05, 0.1) is 10.7 Å². The minimum absolute atomic E-state index is 0.0183. The standard InChI is InChI=1S/C21H16BrClFNO2/c22-12-8-9-17(15(23)10-12)25-18-6-3-7-19(26)21(18)14(11-20(25)27)13-4-1-2-5-16(13)24/h1-2,4-5,8-10,14H,3,6-7,11H2. The number of hydrogen-bond donors (Lipinski definition) is 0. The van der Waals surface area contributed by atoms with Crippen LogP contribution in [0.3, 0.4) is 0 Å². The number of rotatable bonds is 2. The van der Waals surface area contributed by atoms with Crippen molar-refractivity contribution in [1.29, 1.82) is 0 Å². The predicted molar refractivity (Wildman–Crippen MR) is 106 cm³/mol. The molecule has 0 radical (unpaired) electrons. The lowest BCUT2D eigenvalue weighted by atomic mass is 9.77. The van der Waals surface area contributed by atoms with Gasteiger partial charge in [0.2, 0.25) is 5.91 Å². The third kappa shape index (κ3) is 3.23. The first-order valence-electron chi connectivity index (χ1n) is 8.76. The van der Waals surface area contributed by atoms with E-state index in [0.717, 1.165) is 4.47 Å². The molecule has 2 aromatic carbocycles. The largest absolute Gasteiger partial charge is 0.294 e. The van der Waals surface area contributed by atoms with E-state index in [4.69, 9.17) is 11.6 Å². The molecule has 0 saturated carbocycles. The first kappa shape index (κ1) is 18.4. The summed E-state index contributed by atoms with van der Waals surface area (Å²) < 4.78 is 15.2. The van der Waals surface area contributed by atoms with E-state index in [-0.39, 0.29) is 18.1 Å². The highest BCUT2D eigenvalue weighted by molar-refractivity contribution is 9.10. The Morgan fingerprint density at radius 2 is 1.89 bits per heavy atom. The van der Waals surface area contributed by atoms with Crippen LogP contribution in [0.1, 0.15) is 37.2 Å². The molecule has 3 nitrogen and oxygen atoms in total. The van der Waals surface area contributed by atoms with Crippen molar-refractivity contribution in [3.8, 4) is 0 Å². The molecule has 1 aliphatic heterocycles. The van der Waals surface area contributed by atoms with Crippen LogP contribution in [0.25, 0.3) is 0 Å². The summed E-state index contributed by atoms with van der Waals surface area (Å²) in [6, 6.07) is 11.6. The van der Waals surface area contributed by atoms with Crippen LogP contribution < -0.4 is 4.90 Å². The average molecular weight is 449 g/mol. The first-order chi connectivity index (χ1) is 13.0. The maximum atomic E-state index is 14.4. The van der Waals surface area contributed by atoms with Crippen LogP contribution >= 0.6 is 27.5 Å². The molecule has 1 aliphatic carbocycles. The number of carbonyl (C=O) groups excluding carboxylic acids is 2. The second-order valence-electron chi connectivity index (χ2n) is 6.74. The fraction of sp³-hybridized carbons (Fsp3) is 0.238. The molecule has 1 heterocycles. The zero-order valence-electron chi connectivity index (χ0n) is 14.3. The van der Waals surface area contributed by atoms with Gasteiger partial charge in [-0.05, 0) is 42.7 Å². The van der Waals surface area contributed by atoms with Gasteiger partial charge in [-0.2, -0.15) is 0 Å². The molecule has 0 N–H and O–H groups in total. The molecule has 1 amide bonds. The second-order valence-corrected chi connectivity index (χ2v) is 8.06. The van der Waals surface area contributed by atoms with Crippen LogP contribution in [0.2, 0.25) is 5.02 Å². The van der Waals surface area contributed by atoms with Crippen LogP contribution in [0.5, 0.6) is 0 Å². The van der Waals surface area contributed by atoms with Gasteiger partial charge in [0, 0.05) is 34.5 Å². The van der Waals surface area contributed by atoms with Gasteiger partial charge in [0.25, 0.3) is 0 Å². The van der Waals surface area contributed by atoms with E-state index >= 15 is 0 Å². The molecule has 2 aromatic rings. The van der Waals surface area contributed by atoms with Crippen molar-refractivity contribution < 1.29 is 14.0 Å². The van der Waals surface area contributed by atoms with E-state index in [0.29, 0.717) is 46.8 Å². The van der Waals surface area contributed by atoms with E-state index in [1.54, 1.807) is 35.2 Å². The van der Waals surface area contributed by atoms with Gasteiger partial charge >= 0.3 is 0 Å². The lowest BCUT2D eigenvalue weighted by Crippen LogP contribution is -2.40. The number of Topliss-reactive ketones (excluding diaryl/α,β-unsaturated/α-hetero) is 1. The Hall–Kier alpha value is -1.98. The Kier molecular flexibility index (Phi) is 4.91. The number of nitrogens with zero attached hydrogens (tertiary/aromatic N) is 1. The van der Waals surface area contributed by atoms with E-state index in [2.05, 4.69) is 15.9 Å². The number of carbonyl (C=O) groups is 2. The Morgan fingerprint density at radius 1 is 1.11 bits per heavy atom. The Balaban J connectivity index is 1.90. The Labute approximate surface area is 169 Å². The smallest absolute Gasteiger partial charge is 0.232 e. The van der Waals surface area contributed by atoms with Crippen LogP contribution in [0.15, 0.2) is 58.2 Å². The zero-order chi connectivity index (χ0) is 19.1. The van der Waals surface area contributed by atoms with Crippen LogP contribution in [0, 0.1) is 5.82 Å². The minimum Gasteiger partial charge on any atom is -0.294 e. The average Bonchev–Trinajstić information content (AvgIpc) is 2.63. The molecule has 27 heavy (non-hydrogen) atoms. The predicted octanol–water partition coefficient (Wildman–Crippen LogP) is 5.77. The van der Waals surface area contributed by atoms with Crippen LogP contribution in [-0.4, -0.2) is 11.7 Å². The number of amides is 1. The van der Waals surface area contributed by atoms with E-state index in [1.165, 1.54) is 6.07 Å². The molecular formula is C21H16BrClFNO2. The molecule has 1 unspecified atom stereocenters. The summed E-state index contributed by atoms with van der Waals surface area (Å²) in [4.78, 5) is 27.4. The summed E-state index contributed by atoms with van der Waals surface area (Å²) in [5, 5.41) is 0.423. The van der Waals surface area contributed by atoms with Crippen molar-refractivity contribution >= 4 is 44.9 Å². The summed E-state index contributed by atoms with van der Waals surface area (Å²) in [6.45, 7) is 0. The van der Waals surface area contributed by atoms with Crippen LogP contribution in [0.4, 0.5) is 10.1 Å². The van der Waals surface area contributed by atoms with Crippen molar-refractivity contribution in [2.24, 2.45) is 0 Å². The van der Waals surface area contributed by atoms with Gasteiger partial charge in [-0.3, -0.25) is 14.5 Å². The number of anilines is 1. The lowest BCUT2D eigenvalue weighted by Gasteiger charge is -2.38. The number of hydrogen-bond acceptors (Lipinski definition) is 2. The quantitative estimate of drug-likeness (QED) is 0.585. The van der Waals surface area contributed by atoms with Gasteiger partial charge in [0.15, 0.2) is 5.78 Å². The molecule has 1 atom stereocenters. The second kappa shape index (κ2) is 7.21. The normalized spacial score (nSPS) is 20.1. The SMILES string of the molecule is O=C1CCCC2=C1C(c1ccccc1F)CC(=O)N2c1ccc(Br)cc1Cl. The highest BCUT2D eigenvalue weighted by atomic mass is 79.9. The summed E-state index contributed by atoms with van der Waals surface area (Å²) in [5.41, 5.74) is 2.15. The van der Waals surface area contributed by atoms with Crippen molar-refractivity contribution in [3.63, 3.8) is 0 Å². The molecule has 0 fully saturated rings. The number of ketones is 1. The van der Waals surface area contributed by atoms with Crippen molar-refractivity contribution in [2.75, 3.05) is 4.90 Å². The summed E-state index contributed by atoms with van der Waals surface area (Å²) >= 11 is 9.75. The maximum Gasteiger partial charge on any atom is 0.232 e. The minimum atomic E-state index is -0.549. The number of benzene rings is 2. The monoisotopic (exact) mass is 447 g/mol. The number of allylic oxidation sites excluding steroid dienone is 2. The van der Waals surface area contributed by atoms with Gasteiger partial charge < -0.3 is 0 Å². The Morgan fingerprint density at radius 3 is 2.63 bits per heavy atom. The fourth-order valence-corrected chi connectivity index (χ4v) is 4.72. The lowest BCUT2D eigenvalue weighted by molar-refractivity contribution is -0.119. The van der Waals surface area contributed by atoms with Gasteiger partial charge in [-0.15, -0.1) is 0 Å². The van der Waals surface area contributed by atoms with Gasteiger partial charge in [-0.25, -0.2) is 4.39 Å². The Bertz CT molecular complexity index is 988. The molecule has 0 bridgehead atoms.